The molecule has 59 heavy (non-hydrogen) atoms. The Morgan fingerprint density at radius 2 is 1.44 bits per heavy atom. The zero-order chi connectivity index (χ0) is 44.3. The summed E-state index contributed by atoms with van der Waals surface area (Å²) in [6.45, 7) is 10.6. The SMILES string of the molecule is CC[C@H]1OC(=O)C[C@@H](O)[C@H](C)[C@@H](O[C@@H]2O[C@H](C)[C@@H](O)[C@H](N(C)C)[C@H]2O)[C@@H](CC(OC)OC)C[C@@H](C)/C(=N\O)CCC(C)[C@@H](O)[C@@H]1CO[C@@H]1O[C@H](C)[C@@H](O)[C@@H](OC)[C@H]1OC. The van der Waals surface area contributed by atoms with Gasteiger partial charge in [0, 0.05) is 46.7 Å². The maximum absolute atomic E-state index is 13.8. The van der Waals surface area contributed by atoms with Gasteiger partial charge >= 0.3 is 5.97 Å². The van der Waals surface area contributed by atoms with Gasteiger partial charge in [0.1, 0.15) is 30.5 Å². The van der Waals surface area contributed by atoms with Crippen molar-refractivity contribution in [2.24, 2.45) is 34.7 Å². The van der Waals surface area contributed by atoms with Gasteiger partial charge in [-0.05, 0) is 71.4 Å². The third-order valence-corrected chi connectivity index (χ3v) is 12.8. The predicted molar refractivity (Wildman–Crippen MR) is 213 cm³/mol. The second kappa shape index (κ2) is 24.3. The molecule has 0 radical (unpaired) electrons. The normalized spacial score (nSPS) is 43.3. The van der Waals surface area contributed by atoms with Crippen molar-refractivity contribution in [1.82, 2.24) is 4.90 Å². The number of esters is 1. The fraction of sp³-hybridized carbons (Fsp3) is 0.951. The first-order valence-electron chi connectivity index (χ1n) is 21.0. The molecule has 6 N–H and O–H groups in total. The van der Waals surface area contributed by atoms with Crippen LogP contribution in [0.4, 0.5) is 0 Å². The lowest BCUT2D eigenvalue weighted by atomic mass is 9.78. The fourth-order valence-corrected chi connectivity index (χ4v) is 8.95. The van der Waals surface area contributed by atoms with E-state index < -0.39 is 128 Å². The second-order valence-electron chi connectivity index (χ2n) is 17.0. The molecular weight excluding hydrogens is 776 g/mol. The number of hydrogen-bond donors (Lipinski definition) is 6. The highest BCUT2D eigenvalue weighted by Crippen LogP contribution is 2.37. The minimum atomic E-state index is -1.32. The smallest absolute Gasteiger partial charge is 0.308 e. The van der Waals surface area contributed by atoms with Gasteiger partial charge in [-0.15, -0.1) is 0 Å². The molecule has 0 aromatic carbocycles. The fourth-order valence-electron chi connectivity index (χ4n) is 8.95. The van der Waals surface area contributed by atoms with Gasteiger partial charge in [-0.2, -0.15) is 0 Å². The first-order chi connectivity index (χ1) is 27.9. The van der Waals surface area contributed by atoms with Gasteiger partial charge in [0.2, 0.25) is 0 Å². The lowest BCUT2D eigenvalue weighted by molar-refractivity contribution is -0.307. The van der Waals surface area contributed by atoms with E-state index >= 15 is 0 Å². The molecule has 346 valence electrons. The molecule has 18 heteroatoms. The van der Waals surface area contributed by atoms with Gasteiger partial charge in [0.15, 0.2) is 18.9 Å². The van der Waals surface area contributed by atoms with Gasteiger partial charge in [-0.3, -0.25) is 4.79 Å². The van der Waals surface area contributed by atoms with E-state index in [1.165, 1.54) is 28.4 Å². The van der Waals surface area contributed by atoms with Crippen molar-refractivity contribution in [2.75, 3.05) is 49.1 Å². The molecule has 0 spiro atoms. The number of methoxy groups -OCH3 is 4. The van der Waals surface area contributed by atoms with Gasteiger partial charge < -0.3 is 78.3 Å². The van der Waals surface area contributed by atoms with Gasteiger partial charge in [-0.1, -0.05) is 32.9 Å². The van der Waals surface area contributed by atoms with Crippen LogP contribution in [0.25, 0.3) is 0 Å². The van der Waals surface area contributed by atoms with Crippen LogP contribution in [0, 0.1) is 29.6 Å². The molecule has 0 amide bonds. The Morgan fingerprint density at radius 3 is 2.00 bits per heavy atom. The lowest BCUT2D eigenvalue weighted by Crippen LogP contribution is -2.63. The van der Waals surface area contributed by atoms with Crippen LogP contribution in [0.5, 0.6) is 0 Å². The average Bonchev–Trinajstić information content (AvgIpc) is 3.20. The number of hydrogen-bond acceptors (Lipinski definition) is 18. The number of nitrogens with zero attached hydrogens (tertiary/aromatic N) is 2. The van der Waals surface area contributed by atoms with E-state index in [1.54, 1.807) is 39.8 Å². The summed E-state index contributed by atoms with van der Waals surface area (Å²) in [6.07, 6.45) is -12.1. The number of carbonyl (C=O) groups is 1. The van der Waals surface area contributed by atoms with E-state index in [2.05, 4.69) is 5.16 Å². The van der Waals surface area contributed by atoms with E-state index in [1.807, 2.05) is 20.8 Å². The van der Waals surface area contributed by atoms with E-state index in [0.717, 1.165) is 0 Å². The number of aliphatic hydroxyl groups is 5. The molecule has 0 saturated carbocycles. The summed E-state index contributed by atoms with van der Waals surface area (Å²) in [5.41, 5.74) is 0.473. The summed E-state index contributed by atoms with van der Waals surface area (Å²) in [5.74, 6) is -3.50. The van der Waals surface area contributed by atoms with Crippen molar-refractivity contribution < 1.29 is 78.2 Å². The molecule has 18 nitrogen and oxygen atoms in total. The molecule has 0 aromatic heterocycles. The highest BCUT2D eigenvalue weighted by atomic mass is 16.7. The van der Waals surface area contributed by atoms with Crippen LogP contribution in [0.3, 0.4) is 0 Å². The van der Waals surface area contributed by atoms with E-state index in [4.69, 9.17) is 42.6 Å². The van der Waals surface area contributed by atoms with Crippen LogP contribution >= 0.6 is 0 Å². The highest BCUT2D eigenvalue weighted by molar-refractivity contribution is 5.86. The summed E-state index contributed by atoms with van der Waals surface area (Å²) in [6, 6.07) is -0.733. The lowest BCUT2D eigenvalue weighted by Gasteiger charge is -2.47. The van der Waals surface area contributed by atoms with Crippen molar-refractivity contribution in [3.63, 3.8) is 0 Å². The summed E-state index contributed by atoms with van der Waals surface area (Å²) >= 11 is 0. The standard InChI is InChI=1S/C41H76N2O16/c1-13-29-26(19-55-41-39(54-12)38(53-11)35(48)24(6)57-41)33(46)20(2)14-15-27(42-50)21(3)16-25(17-31(51-9)52-10)37(22(4)28(44)18-30(45)58-29)59-40-36(49)32(43(7)8)34(47)23(5)56-40/h20-26,28-29,31-41,44,46-50H,13-19H2,1-12H3/b42-27-/t20?,21-,22+,23-,24-,25-,26-,28-,29-,32+,33-,34-,35-,36-,37-,38-,39-,40+,41-/m1/s1. The third-order valence-electron chi connectivity index (χ3n) is 12.8. The predicted octanol–water partition coefficient (Wildman–Crippen LogP) is 1.52. The Hall–Kier alpha value is -1.62. The molecule has 1 unspecified atom stereocenters. The molecule has 3 saturated heterocycles. The summed E-state index contributed by atoms with van der Waals surface area (Å²) in [4.78, 5) is 15.5. The zero-order valence-corrected chi connectivity index (χ0v) is 37.2. The Morgan fingerprint density at radius 1 is 0.831 bits per heavy atom. The number of oxime groups is 1. The Bertz CT molecular complexity index is 1260. The first kappa shape index (κ1) is 51.7. The molecule has 3 heterocycles. The number of ether oxygens (including phenoxy) is 9. The molecule has 19 atom stereocenters. The van der Waals surface area contributed by atoms with E-state index in [9.17, 15) is 35.5 Å². The maximum Gasteiger partial charge on any atom is 0.308 e. The molecule has 0 aromatic rings. The Labute approximate surface area is 350 Å². The van der Waals surface area contributed by atoms with Crippen LogP contribution in [0.2, 0.25) is 0 Å². The minimum absolute atomic E-state index is 0.125. The average molecular weight is 853 g/mol. The Balaban J connectivity index is 2.03. The maximum atomic E-state index is 13.8. The number of rotatable bonds is 13. The topological polar surface area (TPSA) is 237 Å². The van der Waals surface area contributed by atoms with Gasteiger partial charge in [0.25, 0.3) is 0 Å². The molecule has 3 aliphatic rings. The number of carbonyl (C=O) groups excluding carboxylic acids is 1. The second-order valence-corrected chi connectivity index (χ2v) is 17.0. The zero-order valence-electron chi connectivity index (χ0n) is 37.2. The molecule has 0 bridgehead atoms. The minimum Gasteiger partial charge on any atom is -0.462 e. The summed E-state index contributed by atoms with van der Waals surface area (Å²) in [5, 5.41) is 71.0. The monoisotopic (exact) mass is 853 g/mol. The van der Waals surface area contributed by atoms with Crippen LogP contribution in [-0.4, -0.2) is 189 Å². The van der Waals surface area contributed by atoms with Crippen LogP contribution < -0.4 is 0 Å². The van der Waals surface area contributed by atoms with Gasteiger partial charge in [-0.25, -0.2) is 0 Å². The van der Waals surface area contributed by atoms with Crippen molar-refractivity contribution in [2.45, 2.75) is 172 Å². The van der Waals surface area contributed by atoms with Crippen molar-refractivity contribution in [3.05, 3.63) is 0 Å². The highest BCUT2D eigenvalue weighted by Gasteiger charge is 2.49. The number of aliphatic hydroxyl groups excluding tert-OH is 5. The van der Waals surface area contributed by atoms with Crippen molar-refractivity contribution in [3.8, 4) is 0 Å². The first-order valence-corrected chi connectivity index (χ1v) is 21.0. The van der Waals surface area contributed by atoms with E-state index in [0.29, 0.717) is 31.4 Å². The molecule has 3 fully saturated rings. The molecular formula is C41H76N2O16. The van der Waals surface area contributed by atoms with E-state index in [-0.39, 0.29) is 18.9 Å². The molecule has 0 aliphatic carbocycles. The summed E-state index contributed by atoms with van der Waals surface area (Å²) in [7, 11) is 9.39. The number of cyclic esters (lactones) is 1. The number of likely N-dealkylation sites (N-methyl/N-ethyl adjacent to an activating group) is 1. The van der Waals surface area contributed by atoms with Crippen LogP contribution in [0.15, 0.2) is 5.16 Å². The van der Waals surface area contributed by atoms with Crippen molar-refractivity contribution >= 4 is 11.7 Å². The molecule has 3 aliphatic heterocycles. The molecule has 3 rings (SSSR count). The largest absolute Gasteiger partial charge is 0.462 e. The van der Waals surface area contributed by atoms with Crippen LogP contribution in [-0.2, 0) is 47.4 Å². The van der Waals surface area contributed by atoms with Crippen molar-refractivity contribution in [1.29, 1.82) is 0 Å². The van der Waals surface area contributed by atoms with Crippen LogP contribution in [0.1, 0.15) is 80.1 Å². The van der Waals surface area contributed by atoms with Gasteiger partial charge in [0.05, 0.1) is 61.4 Å². The summed E-state index contributed by atoms with van der Waals surface area (Å²) < 4.78 is 53.4. The quantitative estimate of drug-likeness (QED) is 0.0667. The Kier molecular flexibility index (Phi) is 21.3. The third kappa shape index (κ3) is 13.2.